The van der Waals surface area contributed by atoms with E-state index in [1.165, 1.54) is 26.2 Å². The van der Waals surface area contributed by atoms with E-state index in [1.54, 1.807) is 42.5 Å². The van der Waals surface area contributed by atoms with Gasteiger partial charge in [0.25, 0.3) is 11.8 Å². The first-order valence-electron chi connectivity index (χ1n) is 12.8. The van der Waals surface area contributed by atoms with Crippen molar-refractivity contribution in [2.45, 2.75) is 44.2 Å². The third-order valence-corrected chi connectivity index (χ3v) is 7.76. The minimum Gasteiger partial charge on any atom is -0.497 e. The summed E-state index contributed by atoms with van der Waals surface area (Å²) in [7, 11) is 4.46. The van der Waals surface area contributed by atoms with E-state index in [0.29, 0.717) is 28.5 Å². The molecule has 1 aliphatic carbocycles. The van der Waals surface area contributed by atoms with Crippen molar-refractivity contribution < 1.29 is 28.6 Å². The minimum absolute atomic E-state index is 0.0444. The summed E-state index contributed by atoms with van der Waals surface area (Å²) in [6, 6.07) is 10.6. The summed E-state index contributed by atoms with van der Waals surface area (Å²) in [5, 5.41) is 3.15. The number of hydrogen-bond acceptors (Lipinski definition) is 9. The number of rotatable bonds is 10. The standard InChI is InChI=1S/C28H33N5O6S/c1-37-17-13-14-20(38-2)18(15-17)24(27(35)31-16-9-5-4-6-10-16)33(19-11-7-8-12-21(19)39-3)28(36)25-22(29)23(26(30)34)32-40-25/h7-8,11-16,24H,4-6,9-10,29H2,1-3H3,(H2,30,34)(H,31,35)/t24-/m0/s1. The maximum atomic E-state index is 14.4. The number of para-hydroxylation sites is 2. The van der Waals surface area contributed by atoms with Crippen LogP contribution >= 0.6 is 11.5 Å². The van der Waals surface area contributed by atoms with Gasteiger partial charge in [-0.15, -0.1) is 0 Å². The van der Waals surface area contributed by atoms with E-state index < -0.39 is 23.8 Å². The second-order valence-corrected chi connectivity index (χ2v) is 10.1. The first kappa shape index (κ1) is 28.7. The fraction of sp³-hybridized carbons (Fsp3) is 0.357. The van der Waals surface area contributed by atoms with Crippen molar-refractivity contribution in [2.24, 2.45) is 5.73 Å². The normalized spacial score (nSPS) is 14.2. The van der Waals surface area contributed by atoms with Gasteiger partial charge in [-0.3, -0.25) is 19.3 Å². The number of nitrogens with two attached hydrogens (primary N) is 2. The molecule has 212 valence electrons. The molecule has 12 heteroatoms. The van der Waals surface area contributed by atoms with Gasteiger partial charge in [-0.05, 0) is 54.7 Å². The molecule has 1 saturated carbocycles. The van der Waals surface area contributed by atoms with Crippen molar-refractivity contribution in [1.82, 2.24) is 9.69 Å². The Bertz CT molecular complexity index is 1390. The highest BCUT2D eigenvalue weighted by Gasteiger charge is 2.39. The average Bonchev–Trinajstić information content (AvgIpc) is 3.37. The Labute approximate surface area is 236 Å². The molecule has 0 aliphatic heterocycles. The van der Waals surface area contributed by atoms with E-state index in [1.807, 2.05) is 0 Å². The van der Waals surface area contributed by atoms with Crippen LogP contribution in [0.15, 0.2) is 42.5 Å². The number of carbonyl (C=O) groups is 3. The lowest BCUT2D eigenvalue weighted by Gasteiger charge is -2.34. The molecule has 2 aromatic carbocycles. The number of aromatic nitrogens is 1. The quantitative estimate of drug-likeness (QED) is 0.335. The van der Waals surface area contributed by atoms with Crippen molar-refractivity contribution >= 4 is 40.6 Å². The summed E-state index contributed by atoms with van der Waals surface area (Å²) in [6.45, 7) is 0. The molecule has 0 unspecified atom stereocenters. The predicted molar refractivity (Wildman–Crippen MR) is 152 cm³/mol. The molecule has 1 aromatic heterocycles. The van der Waals surface area contributed by atoms with Gasteiger partial charge < -0.3 is 31.0 Å². The van der Waals surface area contributed by atoms with Gasteiger partial charge in [0.1, 0.15) is 28.2 Å². The summed E-state index contributed by atoms with van der Waals surface area (Å²) in [6.07, 6.45) is 4.78. The van der Waals surface area contributed by atoms with Crippen LogP contribution in [0.1, 0.15) is 63.9 Å². The fourth-order valence-corrected chi connectivity index (χ4v) is 5.65. The van der Waals surface area contributed by atoms with Gasteiger partial charge in [-0.1, -0.05) is 31.4 Å². The highest BCUT2D eigenvalue weighted by atomic mass is 32.1. The summed E-state index contributed by atoms with van der Waals surface area (Å²) < 4.78 is 20.7. The lowest BCUT2D eigenvalue weighted by Crippen LogP contribution is -2.47. The summed E-state index contributed by atoms with van der Waals surface area (Å²) in [5.41, 5.74) is 11.9. The van der Waals surface area contributed by atoms with Crippen molar-refractivity contribution in [3.8, 4) is 17.2 Å². The van der Waals surface area contributed by atoms with Crippen molar-refractivity contribution in [2.75, 3.05) is 32.0 Å². The topological polar surface area (TPSA) is 159 Å². The van der Waals surface area contributed by atoms with Crippen LogP contribution in [0.25, 0.3) is 0 Å². The summed E-state index contributed by atoms with van der Waals surface area (Å²) in [5.74, 6) is -0.778. The first-order chi connectivity index (χ1) is 19.3. The van der Waals surface area contributed by atoms with Crippen LogP contribution in [-0.4, -0.2) is 49.5 Å². The number of ether oxygens (including phenoxy) is 3. The average molecular weight is 568 g/mol. The molecule has 0 radical (unpaired) electrons. The molecule has 0 saturated heterocycles. The maximum absolute atomic E-state index is 14.4. The molecule has 3 amide bonds. The second kappa shape index (κ2) is 12.7. The molecule has 1 atom stereocenters. The van der Waals surface area contributed by atoms with Gasteiger partial charge >= 0.3 is 0 Å². The molecule has 11 nitrogen and oxygen atoms in total. The van der Waals surface area contributed by atoms with Gasteiger partial charge in [0.05, 0.1) is 32.7 Å². The number of anilines is 2. The van der Waals surface area contributed by atoms with Crippen LogP contribution in [0.3, 0.4) is 0 Å². The zero-order valence-electron chi connectivity index (χ0n) is 22.6. The largest absolute Gasteiger partial charge is 0.497 e. The van der Waals surface area contributed by atoms with Crippen molar-refractivity contribution in [1.29, 1.82) is 0 Å². The number of amides is 3. The molecule has 4 rings (SSSR count). The van der Waals surface area contributed by atoms with Crippen LogP contribution in [0.5, 0.6) is 17.2 Å². The van der Waals surface area contributed by atoms with E-state index >= 15 is 0 Å². The molecule has 1 aliphatic rings. The SMILES string of the molecule is COc1ccc(OC)c([C@@H](C(=O)NC2CCCCC2)N(C(=O)c2snc(C(N)=O)c2N)c2ccccc2OC)c1. The lowest BCUT2D eigenvalue weighted by atomic mass is 9.94. The fourth-order valence-electron chi connectivity index (χ4n) is 4.91. The highest BCUT2D eigenvalue weighted by molar-refractivity contribution is 7.09. The van der Waals surface area contributed by atoms with E-state index in [2.05, 4.69) is 9.69 Å². The number of nitrogens with one attached hydrogen (secondary N) is 1. The Balaban J connectivity index is 1.95. The van der Waals surface area contributed by atoms with Gasteiger partial charge in [0.2, 0.25) is 5.91 Å². The number of carbonyl (C=O) groups excluding carboxylic acids is 3. The molecule has 1 fully saturated rings. The molecule has 5 N–H and O–H groups in total. The van der Waals surface area contributed by atoms with Crippen LogP contribution in [0, 0.1) is 0 Å². The van der Waals surface area contributed by atoms with E-state index in [9.17, 15) is 14.4 Å². The summed E-state index contributed by atoms with van der Waals surface area (Å²) in [4.78, 5) is 41.8. The first-order valence-corrected chi connectivity index (χ1v) is 13.6. The zero-order valence-corrected chi connectivity index (χ0v) is 23.5. The van der Waals surface area contributed by atoms with E-state index in [0.717, 1.165) is 43.6 Å². The zero-order chi connectivity index (χ0) is 28.8. The van der Waals surface area contributed by atoms with Crippen LogP contribution in [0.4, 0.5) is 11.4 Å². The second-order valence-electron chi connectivity index (χ2n) is 9.34. The summed E-state index contributed by atoms with van der Waals surface area (Å²) >= 11 is 0.731. The monoisotopic (exact) mass is 567 g/mol. The molecule has 40 heavy (non-hydrogen) atoms. The molecule has 0 spiro atoms. The van der Waals surface area contributed by atoms with E-state index in [4.69, 9.17) is 25.7 Å². The van der Waals surface area contributed by atoms with Crippen LogP contribution < -0.4 is 35.9 Å². The lowest BCUT2D eigenvalue weighted by molar-refractivity contribution is -0.123. The van der Waals surface area contributed by atoms with Crippen molar-refractivity contribution in [3.05, 3.63) is 58.6 Å². The maximum Gasteiger partial charge on any atom is 0.273 e. The third-order valence-electron chi connectivity index (χ3n) is 6.91. The Morgan fingerprint density at radius 1 is 1.00 bits per heavy atom. The molecule has 0 bridgehead atoms. The Morgan fingerprint density at radius 3 is 2.33 bits per heavy atom. The highest BCUT2D eigenvalue weighted by Crippen LogP contribution is 2.41. The number of primary amides is 1. The number of benzene rings is 2. The Kier molecular flexibility index (Phi) is 9.10. The predicted octanol–water partition coefficient (Wildman–Crippen LogP) is 3.69. The minimum atomic E-state index is -1.24. The third kappa shape index (κ3) is 5.81. The van der Waals surface area contributed by atoms with E-state index in [-0.39, 0.29) is 22.3 Å². The molecule has 1 heterocycles. The van der Waals surface area contributed by atoms with Gasteiger partial charge in [0.15, 0.2) is 5.69 Å². The van der Waals surface area contributed by atoms with Crippen molar-refractivity contribution in [3.63, 3.8) is 0 Å². The smallest absolute Gasteiger partial charge is 0.273 e. The Morgan fingerprint density at radius 2 is 1.70 bits per heavy atom. The molecular formula is C28H33N5O6S. The molecule has 3 aromatic rings. The number of nitrogens with zero attached hydrogens (tertiary/aromatic N) is 2. The number of hydrogen-bond donors (Lipinski definition) is 3. The number of methoxy groups -OCH3 is 3. The van der Waals surface area contributed by atoms with Gasteiger partial charge in [0, 0.05) is 11.6 Å². The molecular weight excluding hydrogens is 534 g/mol. The number of nitrogen functional groups attached to an aromatic ring is 1. The van der Waals surface area contributed by atoms with Gasteiger partial charge in [-0.2, -0.15) is 4.37 Å². The van der Waals surface area contributed by atoms with Crippen LogP contribution in [0.2, 0.25) is 0 Å². The van der Waals surface area contributed by atoms with Crippen LogP contribution in [-0.2, 0) is 4.79 Å². The Hall–Kier alpha value is -4.32. The van der Waals surface area contributed by atoms with Gasteiger partial charge in [-0.25, -0.2) is 0 Å².